The quantitative estimate of drug-likeness (QED) is 0.525. The molecule has 0 saturated heterocycles. The third-order valence-corrected chi connectivity index (χ3v) is 11.0. The lowest BCUT2D eigenvalue weighted by Crippen LogP contribution is -2.56. The maximum Gasteiger partial charge on any atom is 0.230 e. The number of likely N-dealkylation sites (N-methyl/N-ethyl adjacent to an activating group) is 1. The maximum atomic E-state index is 13.1. The molecule has 0 aromatic carbocycles. The van der Waals surface area contributed by atoms with Gasteiger partial charge >= 0.3 is 0 Å². The lowest BCUT2D eigenvalue weighted by molar-refractivity contribution is -0.123. The molecule has 3 heterocycles. The molecule has 7 heteroatoms. The number of thioether (sulfide) groups is 1. The van der Waals surface area contributed by atoms with Crippen LogP contribution in [-0.2, 0) is 17.8 Å². The Labute approximate surface area is 216 Å². The molecule has 5 nitrogen and oxygen atoms in total. The first kappa shape index (κ1) is 23.5. The van der Waals surface area contributed by atoms with Crippen molar-refractivity contribution in [1.29, 1.82) is 5.26 Å². The number of thiophene rings is 1. The highest BCUT2D eigenvalue weighted by Gasteiger charge is 2.53. The Morgan fingerprint density at radius 3 is 2.66 bits per heavy atom. The highest BCUT2D eigenvalue weighted by atomic mass is 32.2. The third kappa shape index (κ3) is 4.32. The van der Waals surface area contributed by atoms with Gasteiger partial charge < -0.3 is 10.2 Å². The van der Waals surface area contributed by atoms with Gasteiger partial charge in [0.2, 0.25) is 5.91 Å². The number of carbonyl (C=O) groups is 1. The number of nitrogens with one attached hydrogen (secondary N) is 1. The average Bonchev–Trinajstić information content (AvgIpc) is 3.35. The topological polar surface area (TPSA) is 69.0 Å². The van der Waals surface area contributed by atoms with Crippen molar-refractivity contribution in [3.8, 4) is 16.5 Å². The molecule has 1 aliphatic heterocycles. The molecular weight excluding hydrogens is 472 g/mol. The molecule has 1 amide bonds. The number of nitrogens with zero attached hydrogens (tertiary/aromatic N) is 3. The van der Waals surface area contributed by atoms with Crippen molar-refractivity contribution in [2.45, 2.75) is 69.5 Å². The van der Waals surface area contributed by atoms with Crippen molar-refractivity contribution in [2.75, 3.05) is 19.3 Å². The molecule has 5 aliphatic rings. The molecule has 4 bridgehead atoms. The summed E-state index contributed by atoms with van der Waals surface area (Å²) in [5.41, 5.74) is 4.18. The Morgan fingerprint density at radius 1 is 1.31 bits per heavy atom. The Morgan fingerprint density at radius 2 is 2.03 bits per heavy atom. The van der Waals surface area contributed by atoms with Crippen molar-refractivity contribution in [3.63, 3.8) is 0 Å². The zero-order chi connectivity index (χ0) is 24.2. The minimum Gasteiger partial charge on any atom is -0.352 e. The second-order valence-corrected chi connectivity index (χ2v) is 13.4. The van der Waals surface area contributed by atoms with Crippen LogP contribution in [0.5, 0.6) is 0 Å². The van der Waals surface area contributed by atoms with Crippen LogP contribution in [0.15, 0.2) is 22.5 Å². The zero-order valence-corrected chi connectivity index (χ0v) is 22.3. The van der Waals surface area contributed by atoms with E-state index in [1.807, 2.05) is 6.07 Å². The smallest absolute Gasteiger partial charge is 0.230 e. The molecule has 4 fully saturated rings. The summed E-state index contributed by atoms with van der Waals surface area (Å²) in [5, 5.41) is 16.3. The first-order chi connectivity index (χ1) is 16.9. The van der Waals surface area contributed by atoms with Gasteiger partial charge in [-0.15, -0.1) is 11.3 Å². The lowest BCUT2D eigenvalue weighted by Gasteiger charge is -2.59. The molecule has 4 saturated carbocycles. The third-order valence-electron chi connectivity index (χ3n) is 9.11. The number of amides is 1. The van der Waals surface area contributed by atoms with E-state index in [1.165, 1.54) is 55.9 Å². The molecule has 2 aromatic heterocycles. The van der Waals surface area contributed by atoms with E-state index in [-0.39, 0.29) is 11.9 Å². The van der Waals surface area contributed by atoms with Gasteiger partial charge in [0.25, 0.3) is 0 Å². The van der Waals surface area contributed by atoms with Crippen LogP contribution in [0.25, 0.3) is 10.4 Å². The average molecular weight is 507 g/mol. The van der Waals surface area contributed by atoms with Crippen LogP contribution < -0.4 is 5.32 Å². The largest absolute Gasteiger partial charge is 0.352 e. The number of hydrogen-bond acceptors (Lipinski definition) is 6. The van der Waals surface area contributed by atoms with Crippen molar-refractivity contribution < 1.29 is 4.79 Å². The van der Waals surface area contributed by atoms with Crippen LogP contribution in [0.2, 0.25) is 0 Å². The molecule has 2 aromatic rings. The fourth-order valence-electron chi connectivity index (χ4n) is 7.85. The minimum absolute atomic E-state index is 0.0686. The Hall–Kier alpha value is -1.88. The normalized spacial score (nSPS) is 30.0. The summed E-state index contributed by atoms with van der Waals surface area (Å²) in [4.78, 5) is 21.4. The van der Waals surface area contributed by atoms with Crippen LogP contribution in [0.1, 0.15) is 62.3 Å². The second-order valence-electron chi connectivity index (χ2n) is 11.5. The second kappa shape index (κ2) is 9.21. The van der Waals surface area contributed by atoms with Gasteiger partial charge in [-0.1, -0.05) is 17.8 Å². The molecule has 4 aliphatic carbocycles. The van der Waals surface area contributed by atoms with Crippen LogP contribution in [0.4, 0.5) is 0 Å². The van der Waals surface area contributed by atoms with E-state index in [0.29, 0.717) is 21.8 Å². The molecule has 0 spiro atoms. The summed E-state index contributed by atoms with van der Waals surface area (Å²) >= 11 is 3.09. The highest BCUT2D eigenvalue weighted by molar-refractivity contribution is 8.00. The van der Waals surface area contributed by atoms with Crippen LogP contribution in [0, 0.1) is 34.5 Å². The van der Waals surface area contributed by atoms with Gasteiger partial charge in [0.15, 0.2) is 0 Å². The molecule has 184 valence electrons. The minimum atomic E-state index is 0.0686. The van der Waals surface area contributed by atoms with Gasteiger partial charge in [-0.3, -0.25) is 4.79 Å². The Kier molecular flexibility index (Phi) is 6.19. The summed E-state index contributed by atoms with van der Waals surface area (Å²) in [6.07, 6.45) is 8.99. The Balaban J connectivity index is 1.20. The Bertz CT molecular complexity index is 1130. The standard InChI is InChI=1S/C28H34N4OS2/c1-17(28-11-18-8-19(12-28)10-20(9-18)13-28)30-25(33)16-35-27-21(14-29)26(24-4-3-7-34-24)22-15-32(2)6-5-23(22)31-27/h3-4,7,17-20H,5-6,8-13,15-16H2,1-2H3,(H,30,33)/t17-,18?,19?,20?,28?/m1/s1. The first-order valence-corrected chi connectivity index (χ1v) is 14.9. The molecule has 35 heavy (non-hydrogen) atoms. The van der Waals surface area contributed by atoms with E-state index >= 15 is 0 Å². The zero-order valence-electron chi connectivity index (χ0n) is 20.7. The SMILES string of the molecule is C[C@@H](NC(=O)CSc1nc2c(c(-c3cccs3)c1C#N)CN(C)CC2)C12CC3CC(CC(C3)C1)C2. The molecule has 7 rings (SSSR count). The van der Waals surface area contributed by atoms with Gasteiger partial charge in [-0.25, -0.2) is 4.98 Å². The van der Waals surface area contributed by atoms with E-state index in [1.54, 1.807) is 11.3 Å². The lowest BCUT2D eigenvalue weighted by atomic mass is 9.48. The van der Waals surface area contributed by atoms with Gasteiger partial charge in [-0.05, 0) is 92.7 Å². The van der Waals surface area contributed by atoms with E-state index in [9.17, 15) is 10.1 Å². The van der Waals surface area contributed by atoms with Crippen molar-refractivity contribution in [3.05, 3.63) is 34.3 Å². The van der Waals surface area contributed by atoms with Crippen molar-refractivity contribution in [1.82, 2.24) is 15.2 Å². The number of rotatable bonds is 6. The monoisotopic (exact) mass is 506 g/mol. The number of nitriles is 1. The number of carbonyl (C=O) groups excluding carboxylic acids is 1. The van der Waals surface area contributed by atoms with Crippen LogP contribution >= 0.6 is 23.1 Å². The van der Waals surface area contributed by atoms with Gasteiger partial charge in [-0.2, -0.15) is 5.26 Å². The maximum absolute atomic E-state index is 13.1. The number of hydrogen-bond donors (Lipinski definition) is 1. The predicted molar refractivity (Wildman–Crippen MR) is 141 cm³/mol. The predicted octanol–water partition coefficient (Wildman–Crippen LogP) is 5.48. The summed E-state index contributed by atoms with van der Waals surface area (Å²) in [7, 11) is 2.12. The van der Waals surface area contributed by atoms with E-state index in [0.717, 1.165) is 53.4 Å². The number of fused-ring (bicyclic) bond motifs is 1. The summed E-state index contributed by atoms with van der Waals surface area (Å²) in [6.45, 7) is 4.00. The molecule has 0 unspecified atom stereocenters. The summed E-state index contributed by atoms with van der Waals surface area (Å²) in [5.74, 6) is 3.01. The summed E-state index contributed by atoms with van der Waals surface area (Å²) < 4.78 is 0. The van der Waals surface area contributed by atoms with Crippen molar-refractivity contribution >= 4 is 29.0 Å². The molecule has 1 N–H and O–H groups in total. The molecule has 0 radical (unpaired) electrons. The van der Waals surface area contributed by atoms with Crippen molar-refractivity contribution in [2.24, 2.45) is 23.2 Å². The van der Waals surface area contributed by atoms with E-state index in [4.69, 9.17) is 4.98 Å². The number of pyridine rings is 1. The number of aromatic nitrogens is 1. The molecule has 1 atom stereocenters. The van der Waals surface area contributed by atoms with Gasteiger partial charge in [0.05, 0.1) is 11.3 Å². The van der Waals surface area contributed by atoms with Gasteiger partial charge in [0, 0.05) is 41.7 Å². The highest BCUT2D eigenvalue weighted by Crippen LogP contribution is 2.61. The fourth-order valence-corrected chi connectivity index (χ4v) is 9.47. The van der Waals surface area contributed by atoms with E-state index < -0.39 is 0 Å². The first-order valence-electron chi connectivity index (χ1n) is 13.0. The van der Waals surface area contributed by atoms with E-state index in [2.05, 4.69) is 41.7 Å². The molecular formula is C28H34N4OS2. The summed E-state index contributed by atoms with van der Waals surface area (Å²) in [6, 6.07) is 6.78. The fraction of sp³-hybridized carbons (Fsp3) is 0.607. The van der Waals surface area contributed by atoms with Gasteiger partial charge in [0.1, 0.15) is 11.1 Å². The van der Waals surface area contributed by atoms with Crippen LogP contribution in [0.3, 0.4) is 0 Å². The van der Waals surface area contributed by atoms with Crippen LogP contribution in [-0.4, -0.2) is 41.2 Å².